The molecule has 1 unspecified atom stereocenters. The molecule has 1 aliphatic heterocycles. The Labute approximate surface area is 293 Å². The number of hydrogen-bond acceptors (Lipinski definition) is 8. The zero-order valence-electron chi connectivity index (χ0n) is 31.0. The van der Waals surface area contributed by atoms with Crippen LogP contribution in [0.5, 0.6) is 5.75 Å². The molecule has 11 nitrogen and oxygen atoms in total. The van der Waals surface area contributed by atoms with E-state index < -0.39 is 35.9 Å². The minimum atomic E-state index is -1.07. The number of allylic oxidation sites excluding steroid dienone is 2. The number of aliphatic carboxylic acids is 1. The molecule has 3 N–H and O–H groups in total. The number of hydrogen-bond donors (Lipinski definition) is 3. The van der Waals surface area contributed by atoms with Crippen molar-refractivity contribution in [1.82, 2.24) is 10.2 Å². The van der Waals surface area contributed by atoms with Gasteiger partial charge in [-0.25, -0.2) is 14.4 Å². The third-order valence-electron chi connectivity index (χ3n) is 8.13. The maximum atomic E-state index is 12.3. The van der Waals surface area contributed by atoms with Gasteiger partial charge in [-0.2, -0.15) is 0 Å². The van der Waals surface area contributed by atoms with Crippen LogP contribution in [0.25, 0.3) is 0 Å². The van der Waals surface area contributed by atoms with Gasteiger partial charge in [0, 0.05) is 25.1 Å². The zero-order valence-corrected chi connectivity index (χ0v) is 31.0. The number of carboxylic acid groups (broad SMARTS) is 1. The highest BCUT2D eigenvalue weighted by Crippen LogP contribution is 2.34. The third-order valence-corrected chi connectivity index (χ3v) is 8.13. The van der Waals surface area contributed by atoms with Gasteiger partial charge < -0.3 is 34.8 Å². The Hall–Kier alpha value is -3.86. The van der Waals surface area contributed by atoms with E-state index >= 15 is 0 Å². The molecule has 49 heavy (non-hydrogen) atoms. The second kappa shape index (κ2) is 22.7. The van der Waals surface area contributed by atoms with Gasteiger partial charge in [0.2, 0.25) is 0 Å². The summed E-state index contributed by atoms with van der Waals surface area (Å²) in [6.45, 7) is 12.6. The SMILES string of the molecule is C/C=C\CC(/C=C/C=N)O[C@H]1C[C@H](C(=O)O)N(C(=O)OC(C)(C)C)C1.CNC(=O)OC.Cc1ccc(OCC2(C)CCCCCCC2)cc1. The number of carbonyl (C=O) groups is 3. The van der Waals surface area contributed by atoms with Crippen LogP contribution >= 0.6 is 0 Å². The molecule has 1 aromatic carbocycles. The highest BCUT2D eigenvalue weighted by molar-refractivity contribution is 5.81. The number of alkyl carbamates (subject to hydrolysis) is 1. The molecular weight excluding hydrogens is 626 g/mol. The van der Waals surface area contributed by atoms with Gasteiger partial charge in [0.15, 0.2) is 0 Å². The zero-order chi connectivity index (χ0) is 36.9. The number of aryl methyl sites for hydroxylation is 1. The lowest BCUT2D eigenvalue weighted by atomic mass is 9.78. The lowest BCUT2D eigenvalue weighted by Crippen LogP contribution is -2.43. The molecule has 0 spiro atoms. The Morgan fingerprint density at radius 3 is 2.20 bits per heavy atom. The summed E-state index contributed by atoms with van der Waals surface area (Å²) in [4.78, 5) is 34.8. The Kier molecular flexibility index (Phi) is 20.0. The fraction of sp³-hybridized carbons (Fsp3) is 0.632. The average Bonchev–Trinajstić information content (AvgIpc) is 3.48. The van der Waals surface area contributed by atoms with E-state index in [1.807, 2.05) is 19.1 Å². The highest BCUT2D eigenvalue weighted by atomic mass is 16.6. The van der Waals surface area contributed by atoms with Crippen molar-refractivity contribution in [3.63, 3.8) is 0 Å². The van der Waals surface area contributed by atoms with Crippen molar-refractivity contribution in [2.75, 3.05) is 27.3 Å². The number of nitrogens with one attached hydrogen (secondary N) is 2. The molecule has 2 aliphatic rings. The van der Waals surface area contributed by atoms with Crippen molar-refractivity contribution in [3.8, 4) is 5.75 Å². The molecule has 1 aliphatic carbocycles. The third kappa shape index (κ3) is 18.5. The van der Waals surface area contributed by atoms with E-state index in [0.29, 0.717) is 11.8 Å². The number of methoxy groups -OCH3 is 1. The quantitative estimate of drug-likeness (QED) is 0.165. The van der Waals surface area contributed by atoms with E-state index in [1.165, 1.54) is 69.6 Å². The molecule has 1 aromatic rings. The fourth-order valence-electron chi connectivity index (χ4n) is 5.43. The Bertz CT molecular complexity index is 1180. The molecule has 0 radical (unpaired) electrons. The lowest BCUT2D eigenvalue weighted by molar-refractivity contribution is -0.142. The van der Waals surface area contributed by atoms with Crippen molar-refractivity contribution < 1.29 is 38.4 Å². The van der Waals surface area contributed by atoms with Gasteiger partial charge >= 0.3 is 18.2 Å². The van der Waals surface area contributed by atoms with Crippen LogP contribution in [0.2, 0.25) is 0 Å². The van der Waals surface area contributed by atoms with E-state index in [9.17, 15) is 19.5 Å². The van der Waals surface area contributed by atoms with Gasteiger partial charge in [-0.1, -0.05) is 75.0 Å². The standard InChI is InChI=1S/C18H28N2O5.C17H26O.C3H7NO2/c1-5-6-8-13(9-7-10-19)24-14-11-15(16(21)22)20(12-14)17(23)25-18(2,3)4;1-15-8-10-16(11-9-15)18-14-17(2)12-6-4-3-5-7-13-17;1-4-3(5)6-2/h5-7,9-10,13-15,19H,8,11-12H2,1-4H3,(H,21,22);8-11H,3-7,12-14H2,1-2H3;1-2H3,(H,4,5)/b6-5-,9-7+,19-10?;;/t13?,14-,15+;;/m0../s1. The molecule has 2 fully saturated rings. The van der Waals surface area contributed by atoms with Crippen molar-refractivity contribution in [2.45, 2.75) is 123 Å². The van der Waals surface area contributed by atoms with E-state index in [4.69, 9.17) is 19.6 Å². The van der Waals surface area contributed by atoms with Gasteiger partial charge in [0.05, 0.1) is 32.5 Å². The number of carboxylic acids is 1. The van der Waals surface area contributed by atoms with Crippen LogP contribution in [0.4, 0.5) is 9.59 Å². The second-order valence-electron chi connectivity index (χ2n) is 13.8. The van der Waals surface area contributed by atoms with Crippen molar-refractivity contribution in [2.24, 2.45) is 5.41 Å². The highest BCUT2D eigenvalue weighted by Gasteiger charge is 2.42. The van der Waals surface area contributed by atoms with Crippen molar-refractivity contribution in [1.29, 1.82) is 5.41 Å². The molecule has 0 bridgehead atoms. The average molecular weight is 688 g/mol. The molecule has 11 heteroatoms. The van der Waals surface area contributed by atoms with Crippen LogP contribution in [-0.2, 0) is 19.0 Å². The molecular formula is C38H61N3O8. The normalized spacial score (nSPS) is 19.6. The van der Waals surface area contributed by atoms with Gasteiger partial charge in [0.25, 0.3) is 0 Å². The fourth-order valence-corrected chi connectivity index (χ4v) is 5.43. The molecule has 3 rings (SSSR count). The largest absolute Gasteiger partial charge is 0.493 e. The number of carbonyl (C=O) groups excluding carboxylic acids is 2. The number of ether oxygens (including phenoxy) is 4. The van der Waals surface area contributed by atoms with Crippen LogP contribution in [0.3, 0.4) is 0 Å². The smallest absolute Gasteiger partial charge is 0.411 e. The molecule has 3 atom stereocenters. The monoisotopic (exact) mass is 687 g/mol. The first-order chi connectivity index (χ1) is 23.2. The lowest BCUT2D eigenvalue weighted by Gasteiger charge is -2.31. The van der Waals surface area contributed by atoms with Gasteiger partial charge in [-0.05, 0) is 72.1 Å². The predicted molar refractivity (Wildman–Crippen MR) is 194 cm³/mol. The van der Waals surface area contributed by atoms with E-state index in [-0.39, 0.29) is 19.1 Å². The minimum Gasteiger partial charge on any atom is -0.493 e. The van der Waals surface area contributed by atoms with Crippen LogP contribution in [0, 0.1) is 17.7 Å². The van der Waals surface area contributed by atoms with Crippen LogP contribution < -0.4 is 10.1 Å². The summed E-state index contributed by atoms with van der Waals surface area (Å²) in [6.07, 6.45) is 17.0. The van der Waals surface area contributed by atoms with Crippen molar-refractivity contribution >= 4 is 24.4 Å². The maximum Gasteiger partial charge on any atom is 0.411 e. The van der Waals surface area contributed by atoms with E-state index in [1.54, 1.807) is 32.9 Å². The van der Waals surface area contributed by atoms with E-state index in [0.717, 1.165) is 18.6 Å². The summed E-state index contributed by atoms with van der Waals surface area (Å²) >= 11 is 0. The maximum absolute atomic E-state index is 12.3. The number of nitrogens with zero attached hydrogens (tertiary/aromatic N) is 1. The first-order valence-electron chi connectivity index (χ1n) is 17.3. The molecule has 2 amide bonds. The molecule has 1 saturated carbocycles. The predicted octanol–water partition coefficient (Wildman–Crippen LogP) is 8.10. The number of benzene rings is 1. The molecule has 1 heterocycles. The summed E-state index contributed by atoms with van der Waals surface area (Å²) in [6, 6.07) is 7.45. The Morgan fingerprint density at radius 1 is 1.10 bits per heavy atom. The van der Waals surface area contributed by atoms with E-state index in [2.05, 4.69) is 48.2 Å². The molecule has 0 aromatic heterocycles. The molecule has 276 valence electrons. The minimum absolute atomic E-state index is 0.163. The number of amides is 2. The first kappa shape index (κ1) is 43.2. The van der Waals surface area contributed by atoms with Gasteiger partial charge in [-0.3, -0.25) is 4.90 Å². The summed E-state index contributed by atoms with van der Waals surface area (Å²) in [7, 11) is 2.82. The Morgan fingerprint density at radius 2 is 1.71 bits per heavy atom. The van der Waals surface area contributed by atoms with Crippen molar-refractivity contribution in [3.05, 3.63) is 54.1 Å². The van der Waals surface area contributed by atoms with Crippen LogP contribution in [0.1, 0.15) is 98.0 Å². The van der Waals surface area contributed by atoms with Gasteiger partial charge in [0.1, 0.15) is 17.4 Å². The topological polar surface area (TPSA) is 147 Å². The first-order valence-corrected chi connectivity index (χ1v) is 17.3. The van der Waals surface area contributed by atoms with Crippen LogP contribution in [0.15, 0.2) is 48.6 Å². The number of likely N-dealkylation sites (tertiary alicyclic amines) is 1. The summed E-state index contributed by atoms with van der Waals surface area (Å²) in [5.41, 5.74) is 0.977. The number of rotatable bonds is 10. The summed E-state index contributed by atoms with van der Waals surface area (Å²) < 4.78 is 21.4. The van der Waals surface area contributed by atoms with Gasteiger partial charge in [-0.15, -0.1) is 0 Å². The van der Waals surface area contributed by atoms with Crippen LogP contribution in [-0.4, -0.2) is 85.5 Å². The summed E-state index contributed by atoms with van der Waals surface area (Å²) in [5, 5.41) is 18.7. The summed E-state index contributed by atoms with van der Waals surface area (Å²) in [5.74, 6) is -0.0547. The molecule has 1 saturated heterocycles. The second-order valence-corrected chi connectivity index (χ2v) is 13.8. The Balaban J connectivity index is 0.000000434.